The number of hydrogen-bond donors (Lipinski definition) is 0. The van der Waals surface area contributed by atoms with Gasteiger partial charge < -0.3 is 0 Å². The van der Waals surface area contributed by atoms with Crippen molar-refractivity contribution in [2.75, 3.05) is 25.2 Å². The monoisotopic (exact) mass is 357 g/mol. The van der Waals surface area contributed by atoms with Crippen LogP contribution in [0.5, 0.6) is 0 Å². The van der Waals surface area contributed by atoms with E-state index in [2.05, 4.69) is 0 Å². The van der Waals surface area contributed by atoms with Crippen LogP contribution in [0.15, 0.2) is 28.0 Å². The molecule has 0 aromatic heterocycles. The Hall–Kier alpha value is -0.700. The molecular weight excluding hydrogens is 341 g/mol. The maximum absolute atomic E-state index is 13.9. The zero-order valence-corrected chi connectivity index (χ0v) is 14.1. The van der Waals surface area contributed by atoms with Gasteiger partial charge in [-0.05, 0) is 24.6 Å². The van der Waals surface area contributed by atoms with Gasteiger partial charge in [-0.2, -0.15) is 4.31 Å². The first-order valence-electron chi connectivity index (χ1n) is 6.20. The molecule has 0 bridgehead atoms. The van der Waals surface area contributed by atoms with Gasteiger partial charge in [0.15, 0.2) is 9.84 Å². The van der Waals surface area contributed by atoms with Gasteiger partial charge in [0.2, 0.25) is 10.0 Å². The van der Waals surface area contributed by atoms with Gasteiger partial charge in [-0.25, -0.2) is 21.2 Å². The molecule has 0 atom stereocenters. The molecule has 0 saturated heterocycles. The van der Waals surface area contributed by atoms with Crippen molar-refractivity contribution in [3.63, 3.8) is 0 Å². The number of halogens is 2. The van der Waals surface area contributed by atoms with Crippen LogP contribution in [-0.2, 0) is 19.9 Å². The van der Waals surface area contributed by atoms with Gasteiger partial charge in [-0.1, -0.05) is 6.92 Å². The Labute approximate surface area is 129 Å². The Bertz CT molecular complexity index is 698. The van der Waals surface area contributed by atoms with Gasteiger partial charge in [0.05, 0.1) is 4.90 Å². The average Bonchev–Trinajstić information content (AvgIpc) is 2.37. The lowest BCUT2D eigenvalue weighted by atomic mass is 10.3. The molecule has 0 N–H and O–H groups in total. The highest BCUT2D eigenvalue weighted by atomic mass is 35.5. The lowest BCUT2D eigenvalue weighted by Crippen LogP contribution is -2.34. The summed E-state index contributed by atoms with van der Waals surface area (Å²) in [6.45, 7) is 1.98. The lowest BCUT2D eigenvalue weighted by molar-refractivity contribution is 0.424. The number of sulfone groups is 1. The summed E-state index contributed by atoms with van der Waals surface area (Å²) in [7, 11) is -7.76. The summed E-state index contributed by atoms with van der Waals surface area (Å²) >= 11 is 5.57. The Kier molecular flexibility index (Phi) is 6.15. The van der Waals surface area contributed by atoms with Crippen LogP contribution in [0.3, 0.4) is 0 Å². The smallest absolute Gasteiger partial charge is 0.224 e. The minimum Gasteiger partial charge on any atom is -0.224 e. The van der Waals surface area contributed by atoms with Crippen LogP contribution in [0, 0.1) is 5.82 Å². The fourth-order valence-corrected chi connectivity index (χ4v) is 4.40. The molecule has 120 valence electrons. The van der Waals surface area contributed by atoms with Crippen molar-refractivity contribution in [2.45, 2.75) is 23.1 Å². The number of hydrogen-bond acceptors (Lipinski definition) is 4. The zero-order valence-electron chi connectivity index (χ0n) is 11.7. The quantitative estimate of drug-likeness (QED) is 0.551. The molecule has 0 fully saturated rings. The largest absolute Gasteiger partial charge is 0.246 e. The maximum Gasteiger partial charge on any atom is 0.246 e. The van der Waals surface area contributed by atoms with Crippen molar-refractivity contribution < 1.29 is 21.2 Å². The summed E-state index contributed by atoms with van der Waals surface area (Å²) in [5.74, 6) is -0.926. The van der Waals surface area contributed by atoms with E-state index in [1.54, 1.807) is 6.92 Å². The van der Waals surface area contributed by atoms with Crippen LogP contribution in [-0.4, -0.2) is 46.4 Å². The molecule has 0 radical (unpaired) electrons. The lowest BCUT2D eigenvalue weighted by Gasteiger charge is -2.21. The first kappa shape index (κ1) is 18.3. The van der Waals surface area contributed by atoms with Gasteiger partial charge in [0.1, 0.15) is 10.7 Å². The van der Waals surface area contributed by atoms with Crippen molar-refractivity contribution >= 4 is 31.5 Å². The topological polar surface area (TPSA) is 71.5 Å². The van der Waals surface area contributed by atoms with Gasteiger partial charge in [0, 0.05) is 25.2 Å². The first-order valence-corrected chi connectivity index (χ1v) is 10.1. The molecule has 21 heavy (non-hydrogen) atoms. The second-order valence-corrected chi connectivity index (χ2v) is 8.76. The molecule has 0 aliphatic carbocycles. The van der Waals surface area contributed by atoms with Gasteiger partial charge in [-0.15, -0.1) is 11.6 Å². The van der Waals surface area contributed by atoms with E-state index in [-0.39, 0.29) is 23.9 Å². The van der Waals surface area contributed by atoms with Crippen molar-refractivity contribution in [2.24, 2.45) is 0 Å². The Balaban J connectivity index is 3.42. The predicted molar refractivity (Wildman–Crippen MR) is 79.3 cm³/mol. The van der Waals surface area contributed by atoms with Crippen LogP contribution in [0.25, 0.3) is 0 Å². The molecule has 1 rings (SSSR count). The third kappa shape index (κ3) is 4.38. The highest BCUT2D eigenvalue weighted by molar-refractivity contribution is 7.91. The van der Waals surface area contributed by atoms with Gasteiger partial charge in [-0.3, -0.25) is 0 Å². The van der Waals surface area contributed by atoms with E-state index in [0.29, 0.717) is 6.42 Å². The summed E-state index contributed by atoms with van der Waals surface area (Å²) in [5, 5.41) is 0. The third-order valence-electron chi connectivity index (χ3n) is 2.76. The number of sulfonamides is 1. The van der Waals surface area contributed by atoms with E-state index in [1.807, 2.05) is 0 Å². The van der Waals surface area contributed by atoms with Gasteiger partial charge in [0.25, 0.3) is 0 Å². The average molecular weight is 358 g/mol. The van der Waals surface area contributed by atoms with Crippen molar-refractivity contribution in [3.8, 4) is 0 Å². The molecule has 0 unspecified atom stereocenters. The van der Waals surface area contributed by atoms with Crippen molar-refractivity contribution in [1.29, 1.82) is 0 Å². The molecule has 0 amide bonds. The molecule has 5 nitrogen and oxygen atoms in total. The van der Waals surface area contributed by atoms with E-state index in [9.17, 15) is 21.2 Å². The fourth-order valence-electron chi connectivity index (χ4n) is 1.75. The summed E-state index contributed by atoms with van der Waals surface area (Å²) in [4.78, 5) is -0.895. The minimum atomic E-state index is -4.13. The van der Waals surface area contributed by atoms with E-state index in [0.717, 1.165) is 28.8 Å². The maximum atomic E-state index is 13.9. The SMILES string of the molecule is CCCN(CCCl)S(=O)(=O)c1cc(S(C)(=O)=O)ccc1F. The second kappa shape index (κ2) is 7.04. The molecule has 9 heteroatoms. The number of rotatable bonds is 7. The zero-order chi connectivity index (χ0) is 16.3. The third-order valence-corrected chi connectivity index (χ3v) is 5.95. The molecule has 1 aromatic rings. The summed E-state index contributed by atoms with van der Waals surface area (Å²) in [5.41, 5.74) is 0. The molecular formula is C12H17ClFNO4S2. The predicted octanol–water partition coefficient (Wildman–Crippen LogP) is 1.87. The highest BCUT2D eigenvalue weighted by Crippen LogP contribution is 2.23. The fraction of sp³-hybridized carbons (Fsp3) is 0.500. The summed E-state index contributed by atoms with van der Waals surface area (Å²) in [6, 6.07) is 2.72. The molecule has 1 aromatic carbocycles. The Morgan fingerprint density at radius 1 is 1.19 bits per heavy atom. The molecule has 0 saturated carbocycles. The molecule has 0 spiro atoms. The van der Waals surface area contributed by atoms with E-state index in [1.165, 1.54) is 0 Å². The number of alkyl halides is 1. The van der Waals surface area contributed by atoms with Crippen LogP contribution < -0.4 is 0 Å². The van der Waals surface area contributed by atoms with E-state index >= 15 is 0 Å². The second-order valence-electron chi connectivity index (χ2n) is 4.46. The first-order chi connectivity index (χ1) is 9.64. The molecule has 0 heterocycles. The summed E-state index contributed by atoms with van der Waals surface area (Å²) < 4.78 is 62.8. The van der Waals surface area contributed by atoms with Crippen LogP contribution in [0.4, 0.5) is 4.39 Å². The standard InChI is InChI=1S/C12H17ClFNO4S2/c1-3-7-15(8-6-13)21(18,19)12-9-10(20(2,16)17)4-5-11(12)14/h4-5,9H,3,6-8H2,1-2H3. The van der Waals surface area contributed by atoms with E-state index in [4.69, 9.17) is 11.6 Å². The van der Waals surface area contributed by atoms with Crippen molar-refractivity contribution in [1.82, 2.24) is 4.31 Å². The number of benzene rings is 1. The normalized spacial score (nSPS) is 12.8. The number of nitrogens with zero attached hydrogens (tertiary/aromatic N) is 1. The van der Waals surface area contributed by atoms with Crippen molar-refractivity contribution in [3.05, 3.63) is 24.0 Å². The van der Waals surface area contributed by atoms with E-state index < -0.39 is 30.6 Å². The van der Waals surface area contributed by atoms with Crippen LogP contribution >= 0.6 is 11.6 Å². The Morgan fingerprint density at radius 2 is 1.81 bits per heavy atom. The van der Waals surface area contributed by atoms with Gasteiger partial charge >= 0.3 is 0 Å². The Morgan fingerprint density at radius 3 is 2.29 bits per heavy atom. The summed E-state index contributed by atoms with van der Waals surface area (Å²) in [6.07, 6.45) is 1.46. The van der Waals surface area contributed by atoms with Crippen LogP contribution in [0.2, 0.25) is 0 Å². The minimum absolute atomic E-state index is 0.0280. The molecule has 0 aliphatic rings. The highest BCUT2D eigenvalue weighted by Gasteiger charge is 2.28. The molecule has 0 aliphatic heterocycles. The van der Waals surface area contributed by atoms with Crippen LogP contribution in [0.1, 0.15) is 13.3 Å².